The molecule has 1 aromatic carbocycles. The number of methoxy groups -OCH3 is 1. The highest BCUT2D eigenvalue weighted by atomic mass is 35.5. The molecule has 0 spiro atoms. The summed E-state index contributed by atoms with van der Waals surface area (Å²) in [5.74, 6) is -0.582. The van der Waals surface area contributed by atoms with E-state index in [9.17, 15) is 20.0 Å². The van der Waals surface area contributed by atoms with Gasteiger partial charge in [-0.1, -0.05) is 11.6 Å². The molecule has 0 aliphatic heterocycles. The van der Waals surface area contributed by atoms with Crippen molar-refractivity contribution >= 4 is 23.2 Å². The maximum atomic E-state index is 12.0. The van der Waals surface area contributed by atoms with Crippen LogP contribution < -0.4 is 5.32 Å². The number of rotatable bonds is 7. The van der Waals surface area contributed by atoms with Crippen molar-refractivity contribution in [3.63, 3.8) is 0 Å². The molecule has 8 heteroatoms. The van der Waals surface area contributed by atoms with Crippen molar-refractivity contribution in [2.45, 2.75) is 18.9 Å². The Kier molecular flexibility index (Phi) is 6.07. The standard InChI is InChI=1S/C13H17ClN2O5/c1-13(18,5-6-21-2)8-15-12(17)10-7-9(16(19)20)3-4-11(10)14/h3-4,7,18H,5-6,8H2,1-2H3,(H,15,17). The van der Waals surface area contributed by atoms with E-state index in [1.165, 1.54) is 19.2 Å². The predicted octanol–water partition coefficient (Wildman–Crippen LogP) is 1.77. The zero-order valence-electron chi connectivity index (χ0n) is 11.8. The molecule has 1 atom stereocenters. The summed E-state index contributed by atoms with van der Waals surface area (Å²) in [6.07, 6.45) is 0.340. The Morgan fingerprint density at radius 1 is 1.57 bits per heavy atom. The van der Waals surface area contributed by atoms with Gasteiger partial charge in [-0.25, -0.2) is 0 Å². The highest BCUT2D eigenvalue weighted by molar-refractivity contribution is 6.33. The first-order chi connectivity index (χ1) is 9.76. The second-order valence-corrected chi connectivity index (χ2v) is 5.25. The molecule has 1 amide bonds. The Balaban J connectivity index is 2.76. The zero-order chi connectivity index (χ0) is 16.0. The van der Waals surface area contributed by atoms with Crippen LogP contribution in [-0.4, -0.2) is 41.8 Å². The van der Waals surface area contributed by atoms with E-state index in [0.717, 1.165) is 6.07 Å². The Labute approximate surface area is 127 Å². The Morgan fingerprint density at radius 2 is 2.24 bits per heavy atom. The van der Waals surface area contributed by atoms with Gasteiger partial charge in [-0.15, -0.1) is 0 Å². The van der Waals surface area contributed by atoms with Crippen LogP contribution >= 0.6 is 11.6 Å². The van der Waals surface area contributed by atoms with Crippen LogP contribution in [0, 0.1) is 10.1 Å². The van der Waals surface area contributed by atoms with Gasteiger partial charge in [-0.3, -0.25) is 14.9 Å². The topological polar surface area (TPSA) is 102 Å². The van der Waals surface area contributed by atoms with E-state index in [-0.39, 0.29) is 22.8 Å². The number of aliphatic hydroxyl groups is 1. The van der Waals surface area contributed by atoms with Crippen LogP contribution in [0.15, 0.2) is 18.2 Å². The van der Waals surface area contributed by atoms with E-state index < -0.39 is 16.4 Å². The number of halogens is 1. The van der Waals surface area contributed by atoms with Gasteiger partial charge in [0.25, 0.3) is 11.6 Å². The van der Waals surface area contributed by atoms with E-state index in [0.29, 0.717) is 13.0 Å². The molecule has 7 nitrogen and oxygen atoms in total. The summed E-state index contributed by atoms with van der Waals surface area (Å²) in [5.41, 5.74) is -1.37. The molecule has 116 valence electrons. The van der Waals surface area contributed by atoms with E-state index in [2.05, 4.69) is 5.32 Å². The molecule has 2 N–H and O–H groups in total. The molecule has 0 aromatic heterocycles. The molecule has 0 saturated heterocycles. The van der Waals surface area contributed by atoms with Crippen LogP contribution in [0.3, 0.4) is 0 Å². The lowest BCUT2D eigenvalue weighted by atomic mass is 10.0. The second-order valence-electron chi connectivity index (χ2n) is 4.84. The molecule has 0 radical (unpaired) electrons. The van der Waals surface area contributed by atoms with Gasteiger partial charge in [0.1, 0.15) is 0 Å². The fourth-order valence-electron chi connectivity index (χ4n) is 1.58. The minimum atomic E-state index is -1.14. The molecule has 21 heavy (non-hydrogen) atoms. The summed E-state index contributed by atoms with van der Waals surface area (Å²) in [6.45, 7) is 1.88. The normalized spacial score (nSPS) is 13.5. The van der Waals surface area contributed by atoms with Crippen molar-refractivity contribution < 1.29 is 19.6 Å². The van der Waals surface area contributed by atoms with Crippen LogP contribution in [0.5, 0.6) is 0 Å². The molecule has 0 fully saturated rings. The molecule has 1 unspecified atom stereocenters. The number of benzene rings is 1. The summed E-state index contributed by atoms with van der Waals surface area (Å²) >= 11 is 5.86. The number of hydrogen-bond acceptors (Lipinski definition) is 5. The second kappa shape index (κ2) is 7.35. The lowest BCUT2D eigenvalue weighted by Crippen LogP contribution is -2.41. The molecule has 0 bridgehead atoms. The quantitative estimate of drug-likeness (QED) is 0.589. The number of nitro benzene ring substituents is 1. The van der Waals surface area contributed by atoms with Crippen molar-refractivity contribution in [2.75, 3.05) is 20.3 Å². The lowest BCUT2D eigenvalue weighted by molar-refractivity contribution is -0.384. The highest BCUT2D eigenvalue weighted by Crippen LogP contribution is 2.22. The maximum Gasteiger partial charge on any atom is 0.270 e. The number of nitro groups is 1. The molecule has 0 aliphatic carbocycles. The van der Waals surface area contributed by atoms with Crippen molar-refractivity contribution in [1.29, 1.82) is 0 Å². The average molecular weight is 317 g/mol. The van der Waals surface area contributed by atoms with E-state index in [1.54, 1.807) is 6.92 Å². The first-order valence-electron chi connectivity index (χ1n) is 6.20. The van der Waals surface area contributed by atoms with Crippen molar-refractivity contribution in [2.24, 2.45) is 0 Å². The third-order valence-electron chi connectivity index (χ3n) is 2.88. The maximum absolute atomic E-state index is 12.0. The van der Waals surface area contributed by atoms with Gasteiger partial charge in [0.2, 0.25) is 0 Å². The fraction of sp³-hybridized carbons (Fsp3) is 0.462. The number of hydrogen-bond donors (Lipinski definition) is 2. The number of nitrogens with one attached hydrogen (secondary N) is 1. The Morgan fingerprint density at radius 3 is 2.81 bits per heavy atom. The van der Waals surface area contributed by atoms with Gasteiger partial charge in [0, 0.05) is 38.8 Å². The summed E-state index contributed by atoms with van der Waals surface area (Å²) in [4.78, 5) is 22.1. The molecule has 0 saturated carbocycles. The van der Waals surface area contributed by atoms with E-state index in [1.807, 2.05) is 0 Å². The van der Waals surface area contributed by atoms with Gasteiger partial charge >= 0.3 is 0 Å². The van der Waals surface area contributed by atoms with E-state index in [4.69, 9.17) is 16.3 Å². The zero-order valence-corrected chi connectivity index (χ0v) is 12.5. The highest BCUT2D eigenvalue weighted by Gasteiger charge is 2.22. The monoisotopic (exact) mass is 316 g/mol. The summed E-state index contributed by atoms with van der Waals surface area (Å²) in [5, 5.41) is 23.3. The average Bonchev–Trinajstić information content (AvgIpc) is 2.43. The number of ether oxygens (including phenoxy) is 1. The van der Waals surface area contributed by atoms with Crippen LogP contribution in [-0.2, 0) is 4.74 Å². The van der Waals surface area contributed by atoms with Gasteiger partial charge in [-0.05, 0) is 13.0 Å². The van der Waals surface area contributed by atoms with Gasteiger partial charge in [0.05, 0.1) is 21.1 Å². The molecule has 0 aliphatic rings. The third kappa shape index (κ3) is 5.30. The number of non-ortho nitro benzene ring substituents is 1. The number of amides is 1. The third-order valence-corrected chi connectivity index (χ3v) is 3.21. The van der Waals surface area contributed by atoms with Gasteiger partial charge < -0.3 is 15.2 Å². The first-order valence-corrected chi connectivity index (χ1v) is 6.58. The minimum Gasteiger partial charge on any atom is -0.388 e. The van der Waals surface area contributed by atoms with Crippen LogP contribution in [0.25, 0.3) is 0 Å². The molecule has 1 aromatic rings. The van der Waals surface area contributed by atoms with Crippen LogP contribution in [0.1, 0.15) is 23.7 Å². The Bertz CT molecular complexity index is 533. The van der Waals surface area contributed by atoms with Crippen molar-refractivity contribution in [3.8, 4) is 0 Å². The van der Waals surface area contributed by atoms with Crippen molar-refractivity contribution in [3.05, 3.63) is 38.9 Å². The molecular formula is C13H17ClN2O5. The Hall–Kier alpha value is -1.70. The summed E-state index contributed by atoms with van der Waals surface area (Å²) < 4.78 is 4.86. The smallest absolute Gasteiger partial charge is 0.270 e. The molecular weight excluding hydrogens is 300 g/mol. The van der Waals surface area contributed by atoms with Crippen LogP contribution in [0.2, 0.25) is 5.02 Å². The van der Waals surface area contributed by atoms with Gasteiger partial charge in [0.15, 0.2) is 0 Å². The SMILES string of the molecule is COCCC(C)(O)CNC(=O)c1cc([N+](=O)[O-])ccc1Cl. The summed E-state index contributed by atoms with van der Waals surface area (Å²) in [7, 11) is 1.51. The number of nitrogens with zero attached hydrogens (tertiary/aromatic N) is 1. The van der Waals surface area contributed by atoms with Crippen molar-refractivity contribution in [1.82, 2.24) is 5.32 Å². The summed E-state index contributed by atoms with van der Waals surface area (Å²) in [6, 6.07) is 3.60. The largest absolute Gasteiger partial charge is 0.388 e. The first kappa shape index (κ1) is 17.4. The molecule has 1 rings (SSSR count). The van der Waals surface area contributed by atoms with Gasteiger partial charge in [-0.2, -0.15) is 0 Å². The fourth-order valence-corrected chi connectivity index (χ4v) is 1.78. The lowest BCUT2D eigenvalue weighted by Gasteiger charge is -2.23. The predicted molar refractivity (Wildman–Crippen MR) is 77.6 cm³/mol. The number of carbonyl (C=O) groups excluding carboxylic acids is 1. The number of carbonyl (C=O) groups is 1. The minimum absolute atomic E-state index is 0.00610. The molecule has 0 heterocycles. The van der Waals surface area contributed by atoms with E-state index >= 15 is 0 Å². The van der Waals surface area contributed by atoms with Crippen LogP contribution in [0.4, 0.5) is 5.69 Å².